The van der Waals surface area contributed by atoms with Crippen molar-refractivity contribution in [3.8, 4) is 0 Å². The van der Waals surface area contributed by atoms with E-state index in [2.05, 4.69) is 0 Å². The Morgan fingerprint density at radius 2 is 0.500 bits per heavy atom. The van der Waals surface area contributed by atoms with Crippen LogP contribution in [0.25, 0.3) is 0 Å². The predicted octanol–water partition coefficient (Wildman–Crippen LogP) is 8.87. The van der Waals surface area contributed by atoms with Gasteiger partial charge in [0.15, 0.2) is 0 Å². The summed E-state index contributed by atoms with van der Waals surface area (Å²) < 4.78 is 35.3. The van der Waals surface area contributed by atoms with Gasteiger partial charge in [-0.05, 0) is 44.9 Å². The summed E-state index contributed by atoms with van der Waals surface area (Å²) >= 11 is -3.26. The number of rotatable bonds is 28. The van der Waals surface area contributed by atoms with Crippen molar-refractivity contribution in [1.29, 1.82) is 0 Å². The molecule has 0 aliphatic carbocycles. The van der Waals surface area contributed by atoms with E-state index in [1.54, 1.807) is 18.2 Å². The first kappa shape index (κ1) is 55.1. The number of carbonyl (C=O) groups is 7. The fourth-order valence-electron chi connectivity index (χ4n) is 3.65. The largest absolute Gasteiger partial charge is 1.20 e. The second-order valence-corrected chi connectivity index (χ2v) is 13.4. The molecule has 0 amide bonds. The van der Waals surface area contributed by atoms with Crippen molar-refractivity contribution in [2.24, 2.45) is 0 Å². The van der Waals surface area contributed by atoms with E-state index >= 15 is 0 Å². The van der Waals surface area contributed by atoms with Crippen LogP contribution in [0.15, 0.2) is 85.1 Å². The third kappa shape index (κ3) is 33.2. The van der Waals surface area contributed by atoms with Crippen LogP contribution in [-0.2, 0) is 63.9 Å². The average molecular weight is 831 g/mol. The van der Waals surface area contributed by atoms with Gasteiger partial charge in [-0.15, -0.1) is 0 Å². The molecule has 0 N–H and O–H groups in total. The zero-order valence-corrected chi connectivity index (χ0v) is 36.4. The van der Waals surface area contributed by atoms with Crippen LogP contribution in [-0.4, -0.2) is 63.1 Å². The van der Waals surface area contributed by atoms with Gasteiger partial charge in [0, 0.05) is 42.5 Å². The summed E-state index contributed by atoms with van der Waals surface area (Å²) in [6, 6.07) is 0. The van der Waals surface area contributed by atoms with Gasteiger partial charge in [0.25, 0.3) is 17.9 Å². The van der Waals surface area contributed by atoms with Crippen molar-refractivity contribution in [2.75, 3.05) is 0 Å². The maximum absolute atomic E-state index is 12.3. The first-order valence-corrected chi connectivity index (χ1v) is 21.5. The first-order chi connectivity index (χ1) is 27.8. The van der Waals surface area contributed by atoms with Crippen LogP contribution in [0.5, 0.6) is 0 Å². The molecule has 0 radical (unpaired) electrons. The minimum atomic E-state index is -3.26. The maximum atomic E-state index is 12.3. The highest BCUT2D eigenvalue weighted by Gasteiger charge is 2.49. The van der Waals surface area contributed by atoms with E-state index in [0.29, 0.717) is 25.7 Å². The van der Waals surface area contributed by atoms with E-state index in [9.17, 15) is 33.6 Å². The number of allylic oxidation sites excluding steroid dienone is 7. The Bertz CT molecular complexity index is 1240. The molecular weight excluding hydrogens is 767 g/mol. The second-order valence-electron chi connectivity index (χ2n) is 12.1. The van der Waals surface area contributed by atoms with Gasteiger partial charge in [0.2, 0.25) is 0 Å². The Morgan fingerprint density at radius 1 is 0.328 bits per heavy atom. The zero-order chi connectivity index (χ0) is 43.9. The van der Waals surface area contributed by atoms with Crippen LogP contribution in [0.3, 0.4) is 0 Å². The molecule has 0 atom stereocenters. The fraction of sp³-hybridized carbons (Fsp3) is 0.512. The van der Waals surface area contributed by atoms with E-state index in [1.165, 1.54) is 42.5 Å². The molecule has 0 aromatic heterocycles. The lowest BCUT2D eigenvalue weighted by Gasteiger charge is -2.27. The quantitative estimate of drug-likeness (QED) is 0.0315. The van der Waals surface area contributed by atoms with Crippen molar-refractivity contribution in [3.63, 3.8) is 0 Å². The van der Waals surface area contributed by atoms with Gasteiger partial charge in [-0.25, -0.2) is 19.2 Å². The fourth-order valence-corrected chi connectivity index (χ4v) is 4.60. The molecule has 0 fully saturated rings. The third-order valence-electron chi connectivity index (χ3n) is 6.50. The minimum absolute atomic E-state index is 0.584. The van der Waals surface area contributed by atoms with E-state index in [0.717, 1.165) is 88.5 Å². The molecule has 15 heteroatoms. The zero-order valence-electron chi connectivity index (χ0n) is 35.3. The summed E-state index contributed by atoms with van der Waals surface area (Å²) in [5.74, 6) is -6.18. The molecule has 0 spiro atoms. The summed E-state index contributed by atoms with van der Waals surface area (Å²) in [6.45, 7) is 13.6. The lowest BCUT2D eigenvalue weighted by atomic mass is 10.3. The number of ether oxygens (including phenoxy) is 4. The molecule has 0 aliphatic rings. The lowest BCUT2D eigenvalue weighted by Crippen LogP contribution is -2.47. The van der Waals surface area contributed by atoms with Gasteiger partial charge in [-0.3, -0.25) is 14.4 Å². The molecule has 0 unspecified atom stereocenters. The lowest BCUT2D eigenvalue weighted by molar-refractivity contribution is -0.427. The molecule has 0 rings (SSSR count). The summed E-state index contributed by atoms with van der Waals surface area (Å²) in [5, 5.41) is 0. The van der Waals surface area contributed by atoms with Crippen molar-refractivity contribution >= 4 is 56.9 Å². The number of carbonyl (C=O) groups excluding carboxylic acids is 7. The minimum Gasteiger partial charge on any atom is -0.547 e. The smallest absolute Gasteiger partial charge is 0.547 e. The van der Waals surface area contributed by atoms with Crippen LogP contribution in [0.4, 0.5) is 0 Å². The molecular formula is C43H63AlO14. The highest BCUT2D eigenvalue weighted by Crippen LogP contribution is 2.21. The number of esters is 4. The Labute approximate surface area is 349 Å². The van der Waals surface area contributed by atoms with Gasteiger partial charge in [0.05, 0.1) is 0 Å². The van der Waals surface area contributed by atoms with Gasteiger partial charge >= 0.3 is 45.2 Å². The summed E-state index contributed by atoms with van der Waals surface area (Å²) in [7, 11) is 0. The van der Waals surface area contributed by atoms with Gasteiger partial charge in [0.1, 0.15) is 0 Å². The summed E-state index contributed by atoms with van der Waals surface area (Å²) in [5.41, 5.74) is 0. The van der Waals surface area contributed by atoms with Crippen molar-refractivity contribution in [3.05, 3.63) is 85.1 Å². The highest BCUT2D eigenvalue weighted by molar-refractivity contribution is 6.45. The normalized spacial score (nSPS) is 12.5. The van der Waals surface area contributed by atoms with E-state index in [-0.39, 0.29) is 0 Å². The van der Waals surface area contributed by atoms with Crippen molar-refractivity contribution < 1.29 is 63.9 Å². The second kappa shape index (κ2) is 37.6. The summed E-state index contributed by atoms with van der Waals surface area (Å²) in [4.78, 5) is 84.4. The SMILES string of the molecule is CCCC=CC(=O)OC(OC(=O)C=CCCC)(OC(=O)C=CCCC)OC(=O)C=CCCC.CCCC=CC(=O)[O][Al]([O]C(=O)C=CCCC)[O]C(=O)C=CCCC. The van der Waals surface area contributed by atoms with E-state index in [4.69, 9.17) is 30.3 Å². The molecule has 0 aromatic rings. The molecule has 0 aliphatic heterocycles. The molecule has 0 saturated heterocycles. The van der Waals surface area contributed by atoms with Crippen molar-refractivity contribution in [2.45, 2.75) is 145 Å². The van der Waals surface area contributed by atoms with E-state index in [1.807, 2.05) is 48.5 Å². The third-order valence-corrected chi connectivity index (χ3v) is 7.78. The van der Waals surface area contributed by atoms with Crippen molar-refractivity contribution in [1.82, 2.24) is 0 Å². The Balaban J connectivity index is 0. The Kier molecular flexibility index (Phi) is 35.7. The molecule has 14 nitrogen and oxygen atoms in total. The van der Waals surface area contributed by atoms with Crippen LogP contribution < -0.4 is 0 Å². The van der Waals surface area contributed by atoms with Crippen LogP contribution in [0.1, 0.15) is 138 Å². The summed E-state index contributed by atoms with van der Waals surface area (Å²) in [6.07, 6.45) is 26.3. The number of unbranched alkanes of at least 4 members (excludes halogenated alkanes) is 7. The number of hydrogen-bond acceptors (Lipinski definition) is 14. The predicted molar refractivity (Wildman–Crippen MR) is 219 cm³/mol. The van der Waals surface area contributed by atoms with Crippen LogP contribution in [0.2, 0.25) is 0 Å². The molecule has 0 bridgehead atoms. The Morgan fingerprint density at radius 3 is 0.672 bits per heavy atom. The maximum Gasteiger partial charge on any atom is 1.20 e. The van der Waals surface area contributed by atoms with Crippen LogP contribution >= 0.6 is 0 Å². The molecule has 0 heterocycles. The first-order valence-electron chi connectivity index (χ1n) is 20.0. The molecule has 0 aromatic carbocycles. The molecule has 58 heavy (non-hydrogen) atoms. The Hall–Kier alpha value is -5.00. The van der Waals surface area contributed by atoms with Gasteiger partial charge in [-0.2, -0.15) is 0 Å². The monoisotopic (exact) mass is 830 g/mol. The molecule has 0 saturated carbocycles. The highest BCUT2D eigenvalue weighted by atomic mass is 27.3. The number of hydrogen-bond donors (Lipinski definition) is 0. The van der Waals surface area contributed by atoms with Gasteiger partial charge < -0.3 is 30.3 Å². The van der Waals surface area contributed by atoms with E-state index < -0.39 is 63.1 Å². The topological polar surface area (TPSA) is 184 Å². The van der Waals surface area contributed by atoms with Crippen LogP contribution in [0, 0.1) is 0 Å². The molecule has 322 valence electrons. The van der Waals surface area contributed by atoms with Gasteiger partial charge in [-0.1, -0.05) is 136 Å². The average Bonchev–Trinajstić information content (AvgIpc) is 3.15. The standard InChI is InChI=1S/C25H36O8.3C6H10O2.Al/c1-5-9-13-17-21(26)30-25(31-22(27)18-14-10-6-2,32-23(28)19-15-11-7-3)33-24(29)20-16-12-8-4;3*1-2-3-4-5-6(7)8;/h13-20H,5-12H2,1-4H3;3*4-5H,2-3H2,1H3,(H,7,8);/q;;;;+3/p-3.